The highest BCUT2D eigenvalue weighted by Gasteiger charge is 2.35. The molecule has 0 unspecified atom stereocenters. The van der Waals surface area contributed by atoms with Crippen LogP contribution in [0.15, 0.2) is 73.4 Å². The first-order valence-electron chi connectivity index (χ1n) is 13.9. The fourth-order valence-corrected chi connectivity index (χ4v) is 5.19. The van der Waals surface area contributed by atoms with Crippen LogP contribution in [0, 0.1) is 0 Å². The second-order valence-corrected chi connectivity index (χ2v) is 12.2. The molecule has 2 amide bonds. The van der Waals surface area contributed by atoms with Crippen LogP contribution in [0.2, 0.25) is 0 Å². The summed E-state index contributed by atoms with van der Waals surface area (Å²) in [6.45, 7) is -0.352. The van der Waals surface area contributed by atoms with Gasteiger partial charge in [-0.05, 0) is 60.2 Å². The van der Waals surface area contributed by atoms with Crippen molar-refractivity contribution < 1.29 is 31.2 Å². The molecular weight excluding hydrogens is 655 g/mol. The molecule has 1 aliphatic rings. The van der Waals surface area contributed by atoms with Gasteiger partial charge in [0.25, 0.3) is 5.91 Å². The number of aromatic nitrogens is 6. The van der Waals surface area contributed by atoms with E-state index < -0.39 is 33.5 Å². The summed E-state index contributed by atoms with van der Waals surface area (Å²) in [4.78, 5) is 40.4. The van der Waals surface area contributed by atoms with Crippen LogP contribution in [0.4, 0.5) is 47.9 Å². The van der Waals surface area contributed by atoms with Gasteiger partial charge >= 0.3 is 6.18 Å². The number of nitrogens with zero attached hydrogens (tertiary/aromatic N) is 6. The van der Waals surface area contributed by atoms with Crippen molar-refractivity contribution in [3.8, 4) is 5.69 Å². The number of halogens is 3. The maximum Gasteiger partial charge on any atom is 0.421 e. The number of carbonyl (C=O) groups excluding carboxylic acids is 2. The highest BCUT2D eigenvalue weighted by molar-refractivity contribution is 7.92. The summed E-state index contributed by atoms with van der Waals surface area (Å²) in [5.74, 6) is -1.73. The van der Waals surface area contributed by atoms with Crippen molar-refractivity contribution in [2.75, 3.05) is 32.2 Å². The first kappa shape index (κ1) is 31.9. The highest BCUT2D eigenvalue weighted by atomic mass is 32.2. The van der Waals surface area contributed by atoms with Crippen LogP contribution in [0.5, 0.6) is 0 Å². The Hall–Kier alpha value is -6.11. The minimum Gasteiger partial charge on any atom is -0.365 e. The molecule has 0 aliphatic carbocycles. The van der Waals surface area contributed by atoms with Gasteiger partial charge in [-0.25, -0.2) is 28.1 Å². The van der Waals surface area contributed by atoms with Crippen LogP contribution in [0.1, 0.15) is 27.0 Å². The number of benzene rings is 2. The van der Waals surface area contributed by atoms with E-state index in [0.29, 0.717) is 28.8 Å². The first-order valence-corrected chi connectivity index (χ1v) is 15.8. The number of alkyl halides is 3. The van der Waals surface area contributed by atoms with Crippen LogP contribution >= 0.6 is 0 Å². The molecule has 0 saturated carbocycles. The summed E-state index contributed by atoms with van der Waals surface area (Å²) in [6.07, 6.45) is -0.318. The Morgan fingerprint density at radius 1 is 1.04 bits per heavy atom. The molecule has 0 bridgehead atoms. The minimum absolute atomic E-state index is 0.0222. The molecule has 3 aromatic heterocycles. The predicted molar refractivity (Wildman–Crippen MR) is 168 cm³/mol. The van der Waals surface area contributed by atoms with E-state index in [9.17, 15) is 31.2 Å². The minimum atomic E-state index is -4.83. The summed E-state index contributed by atoms with van der Waals surface area (Å²) in [5.41, 5.74) is 1.70. The number of carbonyl (C=O) groups is 2. The van der Waals surface area contributed by atoms with Crippen molar-refractivity contribution in [1.82, 2.24) is 29.7 Å². The fraction of sp³-hybridized carbons (Fsp3) is 0.138. The molecule has 48 heavy (non-hydrogen) atoms. The first-order chi connectivity index (χ1) is 22.8. The zero-order valence-corrected chi connectivity index (χ0v) is 25.5. The molecule has 5 N–H and O–H groups in total. The lowest BCUT2D eigenvalue weighted by Crippen LogP contribution is -2.18. The summed E-state index contributed by atoms with van der Waals surface area (Å²) >= 11 is 0. The monoisotopic (exact) mass is 679 g/mol. The molecular formula is C29H24F3N11O4S. The van der Waals surface area contributed by atoms with Gasteiger partial charge < -0.3 is 21.3 Å². The standard InChI is InChI=1S/C29H24F3N11O4S/c1-48(46,47)42-25-17(4-9-23(39-25)40-27(45)16-2-6-20(7-3-16)43-15-33-14-36-43)12-34-26-21(29(30,31)32)13-35-28(41-26)37-19-5-8-22-18(10-19)11-24(44)38-22/h2-10,13-15H,11-12H2,1H3,(H,38,44)(H2,34,35,37,41)(H2,39,40,42,45). The van der Waals surface area contributed by atoms with Gasteiger partial charge in [0, 0.05) is 35.2 Å². The lowest BCUT2D eigenvalue weighted by atomic mass is 10.1. The van der Waals surface area contributed by atoms with E-state index in [0.717, 1.165) is 6.26 Å². The Balaban J connectivity index is 1.21. The summed E-state index contributed by atoms with van der Waals surface area (Å²) in [7, 11) is -3.89. The number of anilines is 6. The van der Waals surface area contributed by atoms with Crippen LogP contribution in [0.25, 0.3) is 5.69 Å². The topological polar surface area (TPSA) is 198 Å². The van der Waals surface area contributed by atoms with Crippen LogP contribution in [-0.4, -0.2) is 56.2 Å². The van der Waals surface area contributed by atoms with E-state index >= 15 is 0 Å². The number of amides is 2. The van der Waals surface area contributed by atoms with E-state index in [1.807, 2.05) is 0 Å². The lowest BCUT2D eigenvalue weighted by molar-refractivity contribution is -0.137. The number of hydrogen-bond donors (Lipinski definition) is 5. The number of sulfonamides is 1. The van der Waals surface area contributed by atoms with E-state index in [1.165, 1.54) is 29.5 Å². The Labute approximate surface area is 270 Å². The predicted octanol–water partition coefficient (Wildman–Crippen LogP) is 3.95. The quantitative estimate of drug-likeness (QED) is 0.143. The van der Waals surface area contributed by atoms with E-state index in [4.69, 9.17) is 0 Å². The van der Waals surface area contributed by atoms with Gasteiger partial charge in [-0.15, -0.1) is 0 Å². The Morgan fingerprint density at radius 3 is 2.54 bits per heavy atom. The van der Waals surface area contributed by atoms with Crippen molar-refractivity contribution in [2.45, 2.75) is 19.1 Å². The van der Waals surface area contributed by atoms with Gasteiger partial charge in [-0.3, -0.25) is 14.3 Å². The zero-order valence-electron chi connectivity index (χ0n) is 24.7. The molecule has 1 aliphatic heterocycles. The highest BCUT2D eigenvalue weighted by Crippen LogP contribution is 2.35. The number of pyridine rings is 1. The third-order valence-electron chi connectivity index (χ3n) is 6.84. The van der Waals surface area contributed by atoms with Crippen LogP contribution in [0.3, 0.4) is 0 Å². The third kappa shape index (κ3) is 7.47. The normalized spacial score (nSPS) is 12.6. The molecule has 0 radical (unpaired) electrons. The second-order valence-electron chi connectivity index (χ2n) is 10.4. The fourth-order valence-electron chi connectivity index (χ4n) is 4.66. The maximum absolute atomic E-state index is 13.9. The Bertz CT molecular complexity index is 2130. The van der Waals surface area contributed by atoms with E-state index in [2.05, 4.69) is 51.0 Å². The van der Waals surface area contributed by atoms with E-state index in [1.54, 1.807) is 42.5 Å². The van der Waals surface area contributed by atoms with Crippen molar-refractivity contribution in [3.63, 3.8) is 0 Å². The van der Waals surface area contributed by atoms with Crippen molar-refractivity contribution >= 4 is 56.6 Å². The molecule has 0 fully saturated rings. The molecule has 246 valence electrons. The second kappa shape index (κ2) is 12.6. The molecule has 15 nitrogen and oxygen atoms in total. The van der Waals surface area contributed by atoms with E-state index in [-0.39, 0.29) is 47.6 Å². The number of hydrogen-bond acceptors (Lipinski definition) is 11. The number of fused-ring (bicyclic) bond motifs is 1. The average Bonchev–Trinajstić information content (AvgIpc) is 3.69. The molecule has 2 aromatic carbocycles. The Kier molecular flexibility index (Phi) is 8.36. The molecule has 4 heterocycles. The number of nitrogens with one attached hydrogen (secondary N) is 5. The summed E-state index contributed by atoms with van der Waals surface area (Å²) in [5, 5.41) is 14.7. The van der Waals surface area contributed by atoms with Gasteiger partial charge in [0.05, 0.1) is 18.4 Å². The van der Waals surface area contributed by atoms with Crippen LogP contribution in [-0.2, 0) is 34.0 Å². The molecule has 6 rings (SSSR count). The SMILES string of the molecule is CS(=O)(=O)Nc1nc(NC(=O)c2ccc(-n3cncn3)cc2)ccc1CNc1nc(Nc2ccc3c(c2)CC(=O)N3)ncc1C(F)(F)F. The largest absolute Gasteiger partial charge is 0.421 e. The third-order valence-corrected chi connectivity index (χ3v) is 7.41. The zero-order chi connectivity index (χ0) is 34.1. The lowest BCUT2D eigenvalue weighted by Gasteiger charge is -2.17. The average molecular weight is 680 g/mol. The van der Waals surface area contributed by atoms with Gasteiger partial charge in [0.2, 0.25) is 21.9 Å². The molecule has 19 heteroatoms. The van der Waals surface area contributed by atoms with Crippen molar-refractivity contribution in [1.29, 1.82) is 0 Å². The maximum atomic E-state index is 13.9. The summed E-state index contributed by atoms with van der Waals surface area (Å²) < 4.78 is 69.7. The Morgan fingerprint density at radius 2 is 1.83 bits per heavy atom. The molecule has 0 saturated heterocycles. The number of rotatable bonds is 10. The summed E-state index contributed by atoms with van der Waals surface area (Å²) in [6, 6.07) is 14.1. The van der Waals surface area contributed by atoms with Crippen molar-refractivity contribution in [3.05, 3.63) is 95.7 Å². The van der Waals surface area contributed by atoms with Crippen LogP contribution < -0.4 is 26.0 Å². The van der Waals surface area contributed by atoms with Gasteiger partial charge in [-0.2, -0.15) is 23.3 Å². The smallest absolute Gasteiger partial charge is 0.365 e. The molecule has 0 atom stereocenters. The van der Waals surface area contributed by atoms with Gasteiger partial charge in [0.1, 0.15) is 35.7 Å². The van der Waals surface area contributed by atoms with Gasteiger partial charge in [-0.1, -0.05) is 0 Å². The van der Waals surface area contributed by atoms with Crippen molar-refractivity contribution in [2.24, 2.45) is 0 Å². The van der Waals surface area contributed by atoms with Gasteiger partial charge in [0.15, 0.2) is 0 Å². The molecule has 0 spiro atoms. The molecule has 5 aromatic rings.